The fourth-order valence-electron chi connectivity index (χ4n) is 2.79. The zero-order valence-electron chi connectivity index (χ0n) is 16.4. The fraction of sp³-hybridized carbons (Fsp3) is 0.143. The van der Waals surface area contributed by atoms with Gasteiger partial charge in [0, 0.05) is 13.1 Å². The Kier molecular flexibility index (Phi) is 6.71. The predicted octanol–water partition coefficient (Wildman–Crippen LogP) is 1.97. The van der Waals surface area contributed by atoms with Crippen molar-refractivity contribution in [3.63, 3.8) is 0 Å². The third-order valence-corrected chi connectivity index (χ3v) is 4.80. The summed E-state index contributed by atoms with van der Waals surface area (Å²) in [5.74, 6) is -1.51. The number of rotatable bonds is 7. The molecule has 3 aromatic rings. The monoisotopic (exact) mass is 487 g/mol. The molecule has 3 rings (SSSR count). The smallest absolute Gasteiger partial charge is 0.332 e. The molecule has 0 saturated heterocycles. The van der Waals surface area contributed by atoms with E-state index in [4.69, 9.17) is 14.9 Å². The lowest BCUT2D eigenvalue weighted by Crippen LogP contribution is -2.43. The van der Waals surface area contributed by atoms with Crippen molar-refractivity contribution < 1.29 is 18.7 Å². The number of esters is 1. The van der Waals surface area contributed by atoms with Crippen LogP contribution in [0, 0.1) is 0 Å². The molecule has 1 aromatic carbocycles. The highest BCUT2D eigenvalue weighted by Gasteiger charge is 2.22. The molecule has 0 aliphatic carbocycles. The van der Waals surface area contributed by atoms with Gasteiger partial charge in [-0.25, -0.2) is 9.59 Å². The second-order valence-corrected chi connectivity index (χ2v) is 7.27. The lowest BCUT2D eigenvalue weighted by Gasteiger charge is -2.14. The molecule has 31 heavy (non-hydrogen) atoms. The highest BCUT2D eigenvalue weighted by Crippen LogP contribution is 2.15. The van der Waals surface area contributed by atoms with Crippen LogP contribution in [0.3, 0.4) is 0 Å². The molecule has 160 valence electrons. The molecule has 0 aliphatic heterocycles. The van der Waals surface area contributed by atoms with Crippen molar-refractivity contribution in [1.29, 1.82) is 0 Å². The first-order valence-electron chi connectivity index (χ1n) is 9.04. The summed E-state index contributed by atoms with van der Waals surface area (Å²) in [6, 6.07) is 12.2. The molecule has 2 heterocycles. The summed E-state index contributed by atoms with van der Waals surface area (Å²) in [7, 11) is 1.25. The average Bonchev–Trinajstić information content (AvgIpc) is 3.18. The van der Waals surface area contributed by atoms with E-state index in [9.17, 15) is 19.2 Å². The maximum Gasteiger partial charge on any atom is 0.332 e. The number of anilines is 1. The fourth-order valence-corrected chi connectivity index (χ4v) is 3.11. The molecule has 0 bridgehead atoms. The normalized spacial score (nSPS) is 11.0. The number of hydrogen-bond acceptors (Lipinski definition) is 7. The van der Waals surface area contributed by atoms with Crippen LogP contribution in [0.2, 0.25) is 0 Å². The number of ether oxygens (including phenoxy) is 1. The van der Waals surface area contributed by atoms with Gasteiger partial charge in [0.25, 0.3) is 5.56 Å². The quantitative estimate of drug-likeness (QED) is 0.306. The first-order chi connectivity index (χ1) is 14.8. The van der Waals surface area contributed by atoms with Gasteiger partial charge in [-0.05, 0) is 39.7 Å². The van der Waals surface area contributed by atoms with Crippen molar-refractivity contribution in [3.8, 4) is 0 Å². The summed E-state index contributed by atoms with van der Waals surface area (Å²) < 4.78 is 12.5. The molecule has 0 atom stereocenters. The van der Waals surface area contributed by atoms with E-state index in [0.29, 0.717) is 10.4 Å². The van der Waals surface area contributed by atoms with Crippen LogP contribution >= 0.6 is 15.9 Å². The van der Waals surface area contributed by atoms with Crippen LogP contribution in [0.4, 0.5) is 5.82 Å². The second-order valence-electron chi connectivity index (χ2n) is 6.48. The van der Waals surface area contributed by atoms with Crippen LogP contribution in [0.25, 0.3) is 6.08 Å². The molecule has 0 aliphatic rings. The van der Waals surface area contributed by atoms with E-state index in [1.54, 1.807) is 36.4 Å². The summed E-state index contributed by atoms with van der Waals surface area (Å²) in [4.78, 5) is 49.5. The third kappa shape index (κ3) is 5.10. The van der Waals surface area contributed by atoms with Crippen LogP contribution in [-0.4, -0.2) is 27.5 Å². The van der Waals surface area contributed by atoms with Gasteiger partial charge in [-0.15, -0.1) is 0 Å². The molecule has 2 aromatic heterocycles. The van der Waals surface area contributed by atoms with Crippen LogP contribution < -0.4 is 17.0 Å². The van der Waals surface area contributed by atoms with Gasteiger partial charge in [0.15, 0.2) is 11.3 Å². The number of halogens is 1. The van der Waals surface area contributed by atoms with Gasteiger partial charge in [0.1, 0.15) is 17.1 Å². The largest absolute Gasteiger partial charge is 0.454 e. The van der Waals surface area contributed by atoms with E-state index in [1.165, 1.54) is 13.1 Å². The minimum Gasteiger partial charge on any atom is -0.454 e. The summed E-state index contributed by atoms with van der Waals surface area (Å²) in [5, 5.41) is 0. The number of carbonyl (C=O) groups is 2. The zero-order chi connectivity index (χ0) is 22.5. The lowest BCUT2D eigenvalue weighted by atomic mass is 10.2. The number of furan rings is 1. The number of nitrogens with two attached hydrogens (primary N) is 1. The maximum atomic E-state index is 12.6. The van der Waals surface area contributed by atoms with Gasteiger partial charge < -0.3 is 14.9 Å². The molecule has 0 fully saturated rings. The first kappa shape index (κ1) is 22.0. The van der Waals surface area contributed by atoms with Gasteiger partial charge in [-0.3, -0.25) is 18.7 Å². The van der Waals surface area contributed by atoms with E-state index < -0.39 is 35.2 Å². The van der Waals surface area contributed by atoms with E-state index in [2.05, 4.69) is 15.9 Å². The highest BCUT2D eigenvalue weighted by molar-refractivity contribution is 9.10. The Balaban J connectivity index is 1.80. The number of hydrogen-bond donors (Lipinski definition) is 1. The minimum atomic E-state index is -0.858. The number of Topliss-reactive ketones (excluding diaryl/α,β-unsaturated/α-hetero) is 1. The predicted molar refractivity (Wildman–Crippen MR) is 117 cm³/mol. The van der Waals surface area contributed by atoms with Crippen LogP contribution in [0.15, 0.2) is 67.2 Å². The summed E-state index contributed by atoms with van der Waals surface area (Å²) >= 11 is 3.14. The molecular formula is C21H18BrN3O6. The molecule has 0 unspecified atom stereocenters. The van der Waals surface area contributed by atoms with Crippen molar-refractivity contribution in [3.05, 3.63) is 90.9 Å². The summed E-state index contributed by atoms with van der Waals surface area (Å²) in [5.41, 5.74) is 4.83. The van der Waals surface area contributed by atoms with Crippen molar-refractivity contribution in [2.24, 2.45) is 7.05 Å². The first-order valence-corrected chi connectivity index (χ1v) is 9.84. The minimum absolute atomic E-state index is 0.0706. The molecule has 2 N–H and O–H groups in total. The maximum absolute atomic E-state index is 12.6. The SMILES string of the molecule is Cn1c(=O)c(C(=O)COC(=O)C=Cc2ccc(Br)o2)c(N)n(Cc2ccccc2)c1=O. The van der Waals surface area contributed by atoms with Gasteiger partial charge >= 0.3 is 11.7 Å². The topological polar surface area (TPSA) is 127 Å². The molecule has 0 radical (unpaired) electrons. The number of nitrogen functional groups attached to an aromatic ring is 1. The van der Waals surface area contributed by atoms with Crippen molar-refractivity contribution in [2.45, 2.75) is 6.54 Å². The van der Waals surface area contributed by atoms with Crippen molar-refractivity contribution in [2.75, 3.05) is 12.3 Å². The van der Waals surface area contributed by atoms with Gasteiger partial charge in [0.05, 0.1) is 6.54 Å². The third-order valence-electron chi connectivity index (χ3n) is 4.37. The Morgan fingerprint density at radius 2 is 1.87 bits per heavy atom. The van der Waals surface area contributed by atoms with Crippen LogP contribution in [0.5, 0.6) is 0 Å². The lowest BCUT2D eigenvalue weighted by molar-refractivity contribution is -0.136. The zero-order valence-corrected chi connectivity index (χ0v) is 18.0. The number of carbonyl (C=O) groups excluding carboxylic acids is 2. The molecular weight excluding hydrogens is 470 g/mol. The van der Waals surface area contributed by atoms with Gasteiger partial charge in [-0.1, -0.05) is 30.3 Å². The number of benzene rings is 1. The summed E-state index contributed by atoms with van der Waals surface area (Å²) in [6.45, 7) is -0.644. The van der Waals surface area contributed by atoms with Gasteiger partial charge in [0.2, 0.25) is 5.78 Å². The second kappa shape index (κ2) is 9.43. The summed E-state index contributed by atoms with van der Waals surface area (Å²) in [6.07, 6.45) is 2.45. The Labute approximate surface area is 184 Å². The molecule has 9 nitrogen and oxygen atoms in total. The Morgan fingerprint density at radius 3 is 2.52 bits per heavy atom. The van der Waals surface area contributed by atoms with Crippen molar-refractivity contribution >= 4 is 39.6 Å². The Morgan fingerprint density at radius 1 is 1.16 bits per heavy atom. The average molecular weight is 488 g/mol. The molecule has 0 saturated carbocycles. The van der Waals surface area contributed by atoms with Crippen LogP contribution in [0.1, 0.15) is 21.7 Å². The van der Waals surface area contributed by atoms with E-state index in [0.717, 1.165) is 20.8 Å². The highest BCUT2D eigenvalue weighted by atomic mass is 79.9. The van der Waals surface area contributed by atoms with E-state index in [1.807, 2.05) is 6.07 Å². The standard InChI is InChI=1S/C21H18BrN3O6/c1-24-20(28)18(19(23)25(21(24)29)11-13-5-3-2-4-6-13)15(26)12-30-17(27)10-8-14-7-9-16(22)31-14/h2-10H,11-12,23H2,1H3. The Hall–Kier alpha value is -3.66. The number of nitrogens with zero attached hydrogens (tertiary/aromatic N) is 2. The van der Waals surface area contributed by atoms with E-state index in [-0.39, 0.29) is 12.4 Å². The van der Waals surface area contributed by atoms with Crippen LogP contribution in [-0.2, 0) is 23.1 Å². The number of ketones is 1. The van der Waals surface area contributed by atoms with Crippen molar-refractivity contribution in [1.82, 2.24) is 9.13 Å². The number of aromatic nitrogens is 2. The molecule has 0 spiro atoms. The Bertz CT molecular complexity index is 1270. The van der Waals surface area contributed by atoms with Gasteiger partial charge in [-0.2, -0.15) is 0 Å². The molecule has 10 heteroatoms. The molecule has 0 amide bonds. The van der Waals surface area contributed by atoms with E-state index >= 15 is 0 Å².